The Hall–Kier alpha value is -2.01. The molecule has 3 rings (SSSR count). The summed E-state index contributed by atoms with van der Waals surface area (Å²) in [6.45, 7) is 3.20. The van der Waals surface area contributed by atoms with Gasteiger partial charge in [-0.1, -0.05) is 13.3 Å². The van der Waals surface area contributed by atoms with Crippen LogP contribution in [0.2, 0.25) is 0 Å². The lowest BCUT2D eigenvalue weighted by atomic mass is 10.1. The van der Waals surface area contributed by atoms with Gasteiger partial charge in [0, 0.05) is 18.5 Å². The molecule has 1 aliphatic heterocycles. The summed E-state index contributed by atoms with van der Waals surface area (Å²) in [7, 11) is 1.86. The third-order valence-electron chi connectivity index (χ3n) is 3.67. The van der Waals surface area contributed by atoms with Crippen molar-refractivity contribution in [2.45, 2.75) is 19.8 Å². The molecule has 1 aliphatic rings. The number of fused-ring (bicyclic) bond motifs is 1. The van der Waals surface area contributed by atoms with Crippen LogP contribution in [-0.4, -0.2) is 31.2 Å². The lowest BCUT2D eigenvalue weighted by Crippen LogP contribution is -2.26. The van der Waals surface area contributed by atoms with Gasteiger partial charge in [0.2, 0.25) is 6.79 Å². The maximum atomic E-state index is 12.4. The van der Waals surface area contributed by atoms with Crippen molar-refractivity contribution in [2.75, 3.05) is 20.4 Å². The summed E-state index contributed by atoms with van der Waals surface area (Å²) in [6.07, 6.45) is 2.12. The number of hydrogen-bond acceptors (Lipinski definition) is 4. The van der Waals surface area contributed by atoms with Crippen molar-refractivity contribution in [3.63, 3.8) is 0 Å². The van der Waals surface area contributed by atoms with Crippen LogP contribution in [0.25, 0.3) is 10.4 Å². The molecule has 0 saturated heterocycles. The lowest BCUT2D eigenvalue weighted by molar-refractivity contribution is 0.0798. The highest BCUT2D eigenvalue weighted by molar-refractivity contribution is 7.17. The fourth-order valence-corrected chi connectivity index (χ4v) is 3.34. The summed E-state index contributed by atoms with van der Waals surface area (Å²) in [5, 5.41) is 0. The maximum Gasteiger partial charge on any atom is 0.263 e. The van der Waals surface area contributed by atoms with E-state index in [1.807, 2.05) is 37.4 Å². The Morgan fingerprint density at radius 1 is 1.23 bits per heavy atom. The number of ether oxygens (including phenoxy) is 2. The first-order valence-electron chi connectivity index (χ1n) is 7.44. The van der Waals surface area contributed by atoms with E-state index in [-0.39, 0.29) is 12.7 Å². The van der Waals surface area contributed by atoms with Crippen LogP contribution in [0.3, 0.4) is 0 Å². The van der Waals surface area contributed by atoms with Gasteiger partial charge in [-0.05, 0) is 42.3 Å². The van der Waals surface area contributed by atoms with E-state index in [4.69, 9.17) is 9.47 Å². The zero-order valence-corrected chi connectivity index (χ0v) is 13.6. The number of carbonyl (C=O) groups is 1. The number of nitrogens with zero attached hydrogens (tertiary/aromatic N) is 1. The number of benzene rings is 1. The first-order chi connectivity index (χ1) is 10.7. The maximum absolute atomic E-state index is 12.4. The van der Waals surface area contributed by atoms with Crippen LogP contribution in [0.4, 0.5) is 0 Å². The van der Waals surface area contributed by atoms with Gasteiger partial charge in [-0.3, -0.25) is 4.79 Å². The number of unbranched alkanes of at least 4 members (excludes halogenated alkanes) is 1. The van der Waals surface area contributed by atoms with E-state index >= 15 is 0 Å². The van der Waals surface area contributed by atoms with Gasteiger partial charge in [-0.15, -0.1) is 11.3 Å². The van der Waals surface area contributed by atoms with Gasteiger partial charge >= 0.3 is 0 Å². The average molecular weight is 317 g/mol. The van der Waals surface area contributed by atoms with Crippen molar-refractivity contribution in [1.82, 2.24) is 4.90 Å². The molecule has 5 heteroatoms. The third kappa shape index (κ3) is 2.95. The lowest BCUT2D eigenvalue weighted by Gasteiger charge is -2.15. The number of thiophene rings is 1. The van der Waals surface area contributed by atoms with Crippen molar-refractivity contribution < 1.29 is 14.3 Å². The second-order valence-corrected chi connectivity index (χ2v) is 6.40. The zero-order chi connectivity index (χ0) is 15.5. The van der Waals surface area contributed by atoms with Crippen molar-refractivity contribution in [1.29, 1.82) is 0 Å². The van der Waals surface area contributed by atoms with Crippen molar-refractivity contribution >= 4 is 17.2 Å². The van der Waals surface area contributed by atoms with Gasteiger partial charge in [0.25, 0.3) is 5.91 Å². The van der Waals surface area contributed by atoms with Crippen LogP contribution in [0.5, 0.6) is 11.5 Å². The molecule has 1 amide bonds. The molecule has 0 spiro atoms. The Morgan fingerprint density at radius 2 is 2.05 bits per heavy atom. The van der Waals surface area contributed by atoms with E-state index in [1.54, 1.807) is 4.90 Å². The molecule has 0 unspecified atom stereocenters. The van der Waals surface area contributed by atoms with E-state index in [9.17, 15) is 4.79 Å². The standard InChI is InChI=1S/C17H19NO3S/c1-3-4-9-18(2)17(19)16-8-7-15(22-16)12-5-6-13-14(10-12)21-11-20-13/h5-8,10H,3-4,9,11H2,1-2H3. The normalized spacial score (nSPS) is 12.5. The zero-order valence-electron chi connectivity index (χ0n) is 12.8. The van der Waals surface area contributed by atoms with Gasteiger partial charge < -0.3 is 14.4 Å². The molecule has 22 heavy (non-hydrogen) atoms. The Labute approximate surface area is 134 Å². The van der Waals surface area contributed by atoms with Crippen molar-refractivity contribution in [3.8, 4) is 21.9 Å². The minimum absolute atomic E-state index is 0.0884. The van der Waals surface area contributed by atoms with Crippen molar-refractivity contribution in [3.05, 3.63) is 35.2 Å². The van der Waals surface area contributed by atoms with Gasteiger partial charge in [0.1, 0.15) is 0 Å². The molecule has 2 aromatic rings. The summed E-state index contributed by atoms with van der Waals surface area (Å²) >= 11 is 1.51. The summed E-state index contributed by atoms with van der Waals surface area (Å²) < 4.78 is 10.7. The van der Waals surface area contributed by atoms with Crippen LogP contribution in [-0.2, 0) is 0 Å². The van der Waals surface area contributed by atoms with E-state index in [1.165, 1.54) is 11.3 Å². The highest BCUT2D eigenvalue weighted by Gasteiger charge is 2.17. The molecule has 0 aliphatic carbocycles. The summed E-state index contributed by atoms with van der Waals surface area (Å²) in [5.41, 5.74) is 1.05. The van der Waals surface area contributed by atoms with Gasteiger partial charge in [-0.25, -0.2) is 0 Å². The largest absolute Gasteiger partial charge is 0.454 e. The van der Waals surface area contributed by atoms with E-state index in [0.717, 1.165) is 46.2 Å². The van der Waals surface area contributed by atoms with Crippen LogP contribution in [0, 0.1) is 0 Å². The molecule has 0 atom stereocenters. The Balaban J connectivity index is 1.77. The number of carbonyl (C=O) groups excluding carboxylic acids is 1. The minimum Gasteiger partial charge on any atom is -0.454 e. The Bertz CT molecular complexity index is 680. The second-order valence-electron chi connectivity index (χ2n) is 5.31. The monoisotopic (exact) mass is 317 g/mol. The molecule has 1 aromatic carbocycles. The van der Waals surface area contributed by atoms with E-state index in [0.29, 0.717) is 0 Å². The summed E-state index contributed by atoms with van der Waals surface area (Å²) in [6, 6.07) is 9.75. The highest BCUT2D eigenvalue weighted by atomic mass is 32.1. The molecular formula is C17H19NO3S. The molecule has 4 nitrogen and oxygen atoms in total. The fraction of sp³-hybridized carbons (Fsp3) is 0.353. The minimum atomic E-state index is 0.0884. The van der Waals surface area contributed by atoms with Crippen LogP contribution >= 0.6 is 11.3 Å². The van der Waals surface area contributed by atoms with Crippen LogP contribution in [0.15, 0.2) is 30.3 Å². The molecular weight excluding hydrogens is 298 g/mol. The van der Waals surface area contributed by atoms with E-state index < -0.39 is 0 Å². The topological polar surface area (TPSA) is 38.8 Å². The first kappa shape index (κ1) is 14.9. The summed E-state index contributed by atoms with van der Waals surface area (Å²) in [4.78, 5) is 16.0. The predicted molar refractivity (Wildman–Crippen MR) is 87.7 cm³/mol. The molecule has 0 N–H and O–H groups in total. The molecule has 0 saturated carbocycles. The van der Waals surface area contributed by atoms with Gasteiger partial charge in [-0.2, -0.15) is 0 Å². The molecule has 0 fully saturated rings. The fourth-order valence-electron chi connectivity index (χ4n) is 2.34. The molecule has 116 valence electrons. The summed E-state index contributed by atoms with van der Waals surface area (Å²) in [5.74, 6) is 1.63. The van der Waals surface area contributed by atoms with Gasteiger partial charge in [0.15, 0.2) is 11.5 Å². The first-order valence-corrected chi connectivity index (χ1v) is 8.26. The Kier molecular flexibility index (Phi) is 4.34. The van der Waals surface area contributed by atoms with Gasteiger partial charge in [0.05, 0.1) is 4.88 Å². The van der Waals surface area contributed by atoms with E-state index in [2.05, 4.69) is 6.92 Å². The molecule has 1 aromatic heterocycles. The predicted octanol–water partition coefficient (Wildman–Crippen LogP) is 4.02. The van der Waals surface area contributed by atoms with Crippen LogP contribution < -0.4 is 9.47 Å². The molecule has 2 heterocycles. The quantitative estimate of drug-likeness (QED) is 0.836. The highest BCUT2D eigenvalue weighted by Crippen LogP contribution is 2.38. The molecule has 0 bridgehead atoms. The number of amides is 1. The molecule has 0 radical (unpaired) electrons. The number of hydrogen-bond donors (Lipinski definition) is 0. The van der Waals surface area contributed by atoms with Crippen molar-refractivity contribution in [2.24, 2.45) is 0 Å². The average Bonchev–Trinajstić information content (AvgIpc) is 3.19. The second kappa shape index (κ2) is 6.40. The SMILES string of the molecule is CCCCN(C)C(=O)c1ccc(-c2ccc3c(c2)OCO3)s1. The number of rotatable bonds is 5. The van der Waals surface area contributed by atoms with Crippen LogP contribution in [0.1, 0.15) is 29.4 Å². The Morgan fingerprint density at radius 3 is 2.86 bits per heavy atom. The smallest absolute Gasteiger partial charge is 0.263 e. The third-order valence-corrected chi connectivity index (χ3v) is 4.79.